The average molecular weight is 512 g/mol. The van der Waals surface area contributed by atoms with Crippen LogP contribution >= 0.6 is 0 Å². The van der Waals surface area contributed by atoms with Crippen molar-refractivity contribution in [3.63, 3.8) is 0 Å². The van der Waals surface area contributed by atoms with E-state index in [1.807, 2.05) is 0 Å². The highest BCUT2D eigenvalue weighted by Gasteiger charge is 2.46. The van der Waals surface area contributed by atoms with Crippen molar-refractivity contribution < 1.29 is 56.9 Å². The zero-order valence-corrected chi connectivity index (χ0v) is 18.4. The summed E-state index contributed by atoms with van der Waals surface area (Å²) in [5.74, 6) is -1.83. The van der Waals surface area contributed by atoms with E-state index in [0.29, 0.717) is 6.07 Å². The minimum atomic E-state index is -5.22. The molecule has 188 valence electrons. The number of ether oxygens (including phenoxy) is 1. The quantitative estimate of drug-likeness (QED) is 0.216. The average Bonchev–Trinajstić information content (AvgIpc) is 2.77. The molecule has 35 heavy (non-hydrogen) atoms. The van der Waals surface area contributed by atoms with Gasteiger partial charge < -0.3 is 44.0 Å². The first kappa shape index (κ1) is 24.9. The number of fused-ring (bicyclic) bond motifs is 1. The van der Waals surface area contributed by atoms with Gasteiger partial charge in [0.15, 0.2) is 16.8 Å². The highest BCUT2D eigenvalue weighted by atomic mass is 32.3. The fourth-order valence-corrected chi connectivity index (χ4v) is 4.24. The summed E-state index contributed by atoms with van der Waals surface area (Å²) in [6.07, 6.45) is -8.84. The van der Waals surface area contributed by atoms with E-state index in [9.17, 15) is 48.4 Å². The number of phenols is 2. The number of rotatable bonds is 5. The molecule has 4 rings (SSSR count). The summed E-state index contributed by atoms with van der Waals surface area (Å²) in [4.78, 5) is 12.9. The summed E-state index contributed by atoms with van der Waals surface area (Å²) in [6, 6.07) is 7.05. The van der Waals surface area contributed by atoms with Gasteiger partial charge in [0.1, 0.15) is 53.2 Å². The van der Waals surface area contributed by atoms with E-state index in [2.05, 4.69) is 4.18 Å². The normalized spacial score (nSPS) is 25.0. The molecule has 14 heteroatoms. The van der Waals surface area contributed by atoms with Gasteiger partial charge in [-0.3, -0.25) is 9.35 Å². The van der Waals surface area contributed by atoms with Gasteiger partial charge in [0.25, 0.3) is 0 Å². The van der Waals surface area contributed by atoms with Crippen molar-refractivity contribution in [2.75, 3.05) is 6.61 Å². The van der Waals surface area contributed by atoms with E-state index in [-0.39, 0.29) is 17.1 Å². The Kier molecular flexibility index (Phi) is 6.46. The van der Waals surface area contributed by atoms with Crippen LogP contribution in [0.2, 0.25) is 0 Å². The maximum Gasteiger partial charge on any atom is 0.446 e. The number of benzene rings is 2. The summed E-state index contributed by atoms with van der Waals surface area (Å²) < 4.78 is 48.0. The first-order chi connectivity index (χ1) is 16.4. The minimum absolute atomic E-state index is 0.0830. The Labute approximate surface area is 196 Å². The lowest BCUT2D eigenvalue weighted by Gasteiger charge is -2.40. The van der Waals surface area contributed by atoms with Gasteiger partial charge in [-0.1, -0.05) is 0 Å². The zero-order chi connectivity index (χ0) is 25.7. The SMILES string of the molecule is O=c1cc(-c2ccc(O)cc2)oc2c(C3OC(CO)C(O)C(O)C3O)c(OS(=O)(=O)O)cc(O)c12. The van der Waals surface area contributed by atoms with Crippen molar-refractivity contribution in [1.82, 2.24) is 0 Å². The van der Waals surface area contributed by atoms with Gasteiger partial charge in [-0.05, 0) is 24.3 Å². The lowest BCUT2D eigenvalue weighted by molar-refractivity contribution is -0.231. The van der Waals surface area contributed by atoms with Crippen LogP contribution in [0.1, 0.15) is 11.7 Å². The van der Waals surface area contributed by atoms with Gasteiger partial charge in [-0.25, -0.2) is 0 Å². The fourth-order valence-electron chi connectivity index (χ4n) is 3.87. The monoisotopic (exact) mass is 512 g/mol. The molecule has 5 unspecified atom stereocenters. The number of aliphatic hydroxyl groups is 4. The van der Waals surface area contributed by atoms with Gasteiger partial charge in [-0.15, -0.1) is 0 Å². The van der Waals surface area contributed by atoms with Crippen molar-refractivity contribution in [2.45, 2.75) is 30.5 Å². The van der Waals surface area contributed by atoms with Crippen LogP contribution in [0.15, 0.2) is 45.6 Å². The Hall–Kier alpha value is -3.24. The fraction of sp³-hybridized carbons (Fsp3) is 0.286. The Morgan fingerprint density at radius 2 is 1.63 bits per heavy atom. The van der Waals surface area contributed by atoms with Gasteiger partial charge in [0, 0.05) is 17.7 Å². The van der Waals surface area contributed by atoms with E-state index in [0.717, 1.165) is 6.07 Å². The summed E-state index contributed by atoms with van der Waals surface area (Å²) in [7, 11) is -5.22. The molecular formula is C21H20O13S. The van der Waals surface area contributed by atoms with Gasteiger partial charge in [-0.2, -0.15) is 8.42 Å². The second-order valence-electron chi connectivity index (χ2n) is 7.79. The number of hydrogen-bond donors (Lipinski definition) is 7. The lowest BCUT2D eigenvalue weighted by Crippen LogP contribution is -2.55. The van der Waals surface area contributed by atoms with Crippen molar-refractivity contribution in [3.05, 3.63) is 52.2 Å². The number of aliphatic hydroxyl groups excluding tert-OH is 4. The maximum absolute atomic E-state index is 12.9. The second-order valence-corrected chi connectivity index (χ2v) is 8.82. The molecule has 0 aliphatic carbocycles. The van der Waals surface area contributed by atoms with Crippen molar-refractivity contribution in [2.24, 2.45) is 0 Å². The third kappa shape index (κ3) is 4.68. The predicted molar refractivity (Wildman–Crippen MR) is 116 cm³/mol. The van der Waals surface area contributed by atoms with Crippen molar-refractivity contribution in [3.8, 4) is 28.6 Å². The highest BCUT2D eigenvalue weighted by Crippen LogP contribution is 2.44. The Morgan fingerprint density at radius 1 is 0.971 bits per heavy atom. The molecule has 1 aliphatic rings. The summed E-state index contributed by atoms with van der Waals surface area (Å²) in [5, 5.41) is 59.9. The molecule has 2 heterocycles. The van der Waals surface area contributed by atoms with Gasteiger partial charge >= 0.3 is 10.4 Å². The van der Waals surface area contributed by atoms with Crippen LogP contribution in [0, 0.1) is 0 Å². The second kappa shape index (κ2) is 9.09. The van der Waals surface area contributed by atoms with Gasteiger partial charge in [0.05, 0.1) is 12.2 Å². The lowest BCUT2D eigenvalue weighted by atomic mass is 9.89. The molecule has 0 radical (unpaired) electrons. The predicted octanol–water partition coefficient (Wildman–Crippen LogP) is -0.432. The van der Waals surface area contributed by atoms with E-state index >= 15 is 0 Å². The smallest absolute Gasteiger partial charge is 0.446 e. The van der Waals surface area contributed by atoms with Crippen molar-refractivity contribution in [1.29, 1.82) is 0 Å². The molecule has 1 fully saturated rings. The van der Waals surface area contributed by atoms with Crippen LogP contribution in [0.5, 0.6) is 17.2 Å². The molecule has 0 bridgehead atoms. The molecular weight excluding hydrogens is 492 g/mol. The topological polar surface area (TPSA) is 224 Å². The molecule has 1 aromatic heterocycles. The zero-order valence-electron chi connectivity index (χ0n) is 17.5. The molecule has 0 saturated carbocycles. The molecule has 0 amide bonds. The van der Waals surface area contributed by atoms with Crippen LogP contribution in [-0.2, 0) is 15.1 Å². The van der Waals surface area contributed by atoms with Crippen LogP contribution in [0.4, 0.5) is 0 Å². The number of phenolic OH excluding ortho intramolecular Hbond substituents is 2. The molecule has 1 aliphatic heterocycles. The first-order valence-corrected chi connectivity index (χ1v) is 11.4. The largest absolute Gasteiger partial charge is 0.508 e. The first-order valence-electron chi connectivity index (χ1n) is 10.0. The molecule has 1 saturated heterocycles. The molecule has 7 N–H and O–H groups in total. The molecule has 13 nitrogen and oxygen atoms in total. The van der Waals surface area contributed by atoms with Crippen LogP contribution in [0.3, 0.4) is 0 Å². The summed E-state index contributed by atoms with van der Waals surface area (Å²) in [6.45, 7) is -0.825. The standard InChI is InChI=1S/C21H20O13S/c22-7-14-17(26)18(27)19(28)21(33-14)16-13(34-35(29,30)31)6-11(25)15-10(24)5-12(32-20(15)16)8-1-3-9(23)4-2-8/h1-6,14,17-19,21-23,25-28H,7H2,(H,29,30,31). The van der Waals surface area contributed by atoms with E-state index in [4.69, 9.17) is 9.15 Å². The van der Waals surface area contributed by atoms with Crippen LogP contribution < -0.4 is 9.61 Å². The number of hydrogen-bond acceptors (Lipinski definition) is 12. The Morgan fingerprint density at radius 3 is 2.23 bits per heavy atom. The third-order valence-electron chi connectivity index (χ3n) is 5.51. The van der Waals surface area contributed by atoms with E-state index < -0.39 is 81.0 Å². The maximum atomic E-state index is 12.9. The summed E-state index contributed by atoms with van der Waals surface area (Å²) >= 11 is 0. The van der Waals surface area contributed by atoms with E-state index in [1.165, 1.54) is 24.3 Å². The van der Waals surface area contributed by atoms with Crippen LogP contribution in [0.25, 0.3) is 22.3 Å². The highest BCUT2D eigenvalue weighted by molar-refractivity contribution is 7.81. The van der Waals surface area contributed by atoms with Gasteiger partial charge in [0.2, 0.25) is 0 Å². The molecule has 2 aromatic carbocycles. The summed E-state index contributed by atoms with van der Waals surface area (Å²) in [5.41, 5.74) is -1.59. The number of aromatic hydroxyl groups is 2. The Balaban J connectivity index is 2.05. The third-order valence-corrected chi connectivity index (χ3v) is 5.90. The molecule has 0 spiro atoms. The van der Waals surface area contributed by atoms with Crippen molar-refractivity contribution >= 4 is 21.4 Å². The van der Waals surface area contributed by atoms with E-state index in [1.54, 1.807) is 0 Å². The molecule has 3 aromatic rings. The minimum Gasteiger partial charge on any atom is -0.508 e. The van der Waals surface area contributed by atoms with Crippen LogP contribution in [-0.4, -0.2) is 74.6 Å². The Bertz CT molecular complexity index is 1410. The molecule has 5 atom stereocenters.